The largest absolute Gasteiger partial charge is 0.493 e. The van der Waals surface area contributed by atoms with Crippen LogP contribution in [0.5, 0.6) is 17.2 Å². The predicted octanol–water partition coefficient (Wildman–Crippen LogP) is 2.39. The van der Waals surface area contributed by atoms with E-state index in [2.05, 4.69) is 5.16 Å². The molecular formula is C14H19NO5. The molecule has 0 aliphatic heterocycles. The van der Waals surface area contributed by atoms with Crippen LogP contribution in [0.2, 0.25) is 0 Å². The van der Waals surface area contributed by atoms with E-state index in [4.69, 9.17) is 19.0 Å². The second-order valence-corrected chi connectivity index (χ2v) is 3.91. The van der Waals surface area contributed by atoms with Gasteiger partial charge in [-0.25, -0.2) is 4.79 Å². The third-order valence-corrected chi connectivity index (χ3v) is 2.50. The number of hydrogen-bond acceptors (Lipinski definition) is 6. The first-order chi connectivity index (χ1) is 9.65. The van der Waals surface area contributed by atoms with Gasteiger partial charge in [0.2, 0.25) is 5.75 Å². The van der Waals surface area contributed by atoms with E-state index in [1.54, 1.807) is 12.1 Å². The molecule has 0 amide bonds. The molecule has 6 heteroatoms. The summed E-state index contributed by atoms with van der Waals surface area (Å²) in [5, 5.41) is 3.64. The summed E-state index contributed by atoms with van der Waals surface area (Å²) in [5.74, 6) is 1.15. The maximum absolute atomic E-state index is 11.2. The number of methoxy groups -OCH3 is 3. The van der Waals surface area contributed by atoms with Gasteiger partial charge in [-0.3, -0.25) is 0 Å². The van der Waals surface area contributed by atoms with Crippen LogP contribution in [0.4, 0.5) is 0 Å². The fourth-order valence-corrected chi connectivity index (χ4v) is 1.57. The molecule has 0 aliphatic carbocycles. The van der Waals surface area contributed by atoms with Crippen LogP contribution in [-0.4, -0.2) is 33.5 Å². The number of nitrogens with zero attached hydrogens (tertiary/aromatic N) is 1. The molecule has 1 aromatic carbocycles. The molecule has 0 unspecified atom stereocenters. The molecule has 0 N–H and O–H groups in total. The predicted molar refractivity (Wildman–Crippen MR) is 74.7 cm³/mol. The third kappa shape index (κ3) is 4.15. The molecule has 0 bridgehead atoms. The molecule has 0 fully saturated rings. The van der Waals surface area contributed by atoms with Gasteiger partial charge >= 0.3 is 5.97 Å². The molecule has 0 radical (unpaired) electrons. The zero-order valence-corrected chi connectivity index (χ0v) is 12.1. The molecule has 110 valence electrons. The highest BCUT2D eigenvalue weighted by molar-refractivity contribution is 5.82. The van der Waals surface area contributed by atoms with Crippen LogP contribution in [0.15, 0.2) is 17.3 Å². The molecule has 0 saturated heterocycles. The average Bonchev–Trinajstić information content (AvgIpc) is 2.46. The number of carbonyl (C=O) groups is 1. The Hall–Kier alpha value is -2.24. The minimum absolute atomic E-state index is 0.340. The molecule has 6 nitrogen and oxygen atoms in total. The van der Waals surface area contributed by atoms with Gasteiger partial charge in [-0.15, -0.1) is 0 Å². The third-order valence-electron chi connectivity index (χ3n) is 2.50. The Morgan fingerprint density at radius 3 is 2.20 bits per heavy atom. The quantitative estimate of drug-likeness (QED) is 0.436. The molecule has 20 heavy (non-hydrogen) atoms. The van der Waals surface area contributed by atoms with Gasteiger partial charge in [0.05, 0.1) is 27.5 Å². The molecule has 0 heterocycles. The van der Waals surface area contributed by atoms with Crippen molar-refractivity contribution < 1.29 is 23.8 Å². The highest BCUT2D eigenvalue weighted by atomic mass is 16.7. The lowest BCUT2D eigenvalue weighted by Crippen LogP contribution is -1.99. The fourth-order valence-electron chi connectivity index (χ4n) is 1.57. The second-order valence-electron chi connectivity index (χ2n) is 3.91. The van der Waals surface area contributed by atoms with Crippen molar-refractivity contribution in [1.82, 2.24) is 0 Å². The average molecular weight is 281 g/mol. The minimum atomic E-state index is -0.365. The summed E-state index contributed by atoms with van der Waals surface area (Å²) in [6, 6.07) is 3.41. The zero-order chi connectivity index (χ0) is 15.0. The molecule has 0 spiro atoms. The van der Waals surface area contributed by atoms with Gasteiger partial charge < -0.3 is 19.0 Å². The van der Waals surface area contributed by atoms with E-state index < -0.39 is 0 Å². The van der Waals surface area contributed by atoms with Crippen LogP contribution in [0, 0.1) is 0 Å². The van der Waals surface area contributed by atoms with Crippen molar-refractivity contribution in [2.24, 2.45) is 5.16 Å². The normalized spacial score (nSPS) is 10.4. The highest BCUT2D eigenvalue weighted by Gasteiger charge is 2.12. The van der Waals surface area contributed by atoms with Crippen LogP contribution in [0.25, 0.3) is 0 Å². The Bertz CT molecular complexity index is 459. The first kappa shape index (κ1) is 15.8. The van der Waals surface area contributed by atoms with E-state index in [0.717, 1.165) is 6.42 Å². The van der Waals surface area contributed by atoms with Crippen molar-refractivity contribution in [2.45, 2.75) is 19.8 Å². The van der Waals surface area contributed by atoms with Gasteiger partial charge in [-0.2, -0.15) is 0 Å². The van der Waals surface area contributed by atoms with Crippen molar-refractivity contribution in [3.05, 3.63) is 17.7 Å². The number of hydrogen-bond donors (Lipinski definition) is 0. The maximum Gasteiger partial charge on any atom is 0.335 e. The first-order valence-electron chi connectivity index (χ1n) is 6.19. The Balaban J connectivity index is 2.90. The van der Waals surface area contributed by atoms with E-state index in [1.807, 2.05) is 6.92 Å². The lowest BCUT2D eigenvalue weighted by atomic mass is 10.2. The number of benzene rings is 1. The van der Waals surface area contributed by atoms with Gasteiger partial charge in [0.25, 0.3) is 0 Å². The van der Waals surface area contributed by atoms with Gasteiger partial charge in [-0.1, -0.05) is 12.1 Å². The van der Waals surface area contributed by atoms with Gasteiger partial charge in [0.1, 0.15) is 0 Å². The molecule has 0 saturated carbocycles. The smallest absolute Gasteiger partial charge is 0.335 e. The topological polar surface area (TPSA) is 66.4 Å². The SMILES string of the molecule is CCCC(=O)ON=Cc1cc(OC)c(OC)c(OC)c1. The number of carbonyl (C=O) groups excluding carboxylic acids is 1. The van der Waals surface area contributed by atoms with E-state index in [9.17, 15) is 4.79 Å². The summed E-state index contributed by atoms with van der Waals surface area (Å²) in [6.45, 7) is 1.89. The monoisotopic (exact) mass is 281 g/mol. The van der Waals surface area contributed by atoms with E-state index in [0.29, 0.717) is 29.2 Å². The molecular weight excluding hydrogens is 262 g/mol. The van der Waals surface area contributed by atoms with Crippen molar-refractivity contribution in [1.29, 1.82) is 0 Å². The number of oxime groups is 1. The second kappa shape index (κ2) is 8.04. The molecule has 0 aliphatic rings. The van der Waals surface area contributed by atoms with Gasteiger partial charge in [0.15, 0.2) is 11.5 Å². The molecule has 1 rings (SSSR count). The van der Waals surface area contributed by atoms with Crippen LogP contribution in [0.1, 0.15) is 25.3 Å². The minimum Gasteiger partial charge on any atom is -0.493 e. The van der Waals surface area contributed by atoms with Crippen molar-refractivity contribution in [2.75, 3.05) is 21.3 Å². The van der Waals surface area contributed by atoms with Crippen molar-refractivity contribution in [3.63, 3.8) is 0 Å². The summed E-state index contributed by atoms with van der Waals surface area (Å²) in [4.78, 5) is 15.9. The number of rotatable bonds is 7. The zero-order valence-electron chi connectivity index (χ0n) is 12.1. The Morgan fingerprint density at radius 2 is 1.75 bits per heavy atom. The molecule has 1 aromatic rings. The van der Waals surface area contributed by atoms with Crippen LogP contribution in [0.3, 0.4) is 0 Å². The number of ether oxygens (including phenoxy) is 3. The van der Waals surface area contributed by atoms with Crippen LogP contribution < -0.4 is 14.2 Å². The lowest BCUT2D eigenvalue weighted by Gasteiger charge is -2.12. The summed E-state index contributed by atoms with van der Waals surface area (Å²) < 4.78 is 15.6. The van der Waals surface area contributed by atoms with Gasteiger partial charge in [-0.05, 0) is 18.6 Å². The van der Waals surface area contributed by atoms with Crippen molar-refractivity contribution in [3.8, 4) is 17.2 Å². The fraction of sp³-hybridized carbons (Fsp3) is 0.429. The summed E-state index contributed by atoms with van der Waals surface area (Å²) in [5.41, 5.74) is 0.670. The summed E-state index contributed by atoms with van der Waals surface area (Å²) in [7, 11) is 4.58. The van der Waals surface area contributed by atoms with E-state index in [1.165, 1.54) is 27.5 Å². The maximum atomic E-state index is 11.2. The van der Waals surface area contributed by atoms with Crippen LogP contribution >= 0.6 is 0 Å². The molecule has 0 atom stereocenters. The van der Waals surface area contributed by atoms with Crippen LogP contribution in [-0.2, 0) is 9.63 Å². The first-order valence-corrected chi connectivity index (χ1v) is 6.19. The van der Waals surface area contributed by atoms with Crippen molar-refractivity contribution >= 4 is 12.2 Å². The molecule has 0 aromatic heterocycles. The summed E-state index contributed by atoms with van der Waals surface area (Å²) >= 11 is 0. The van der Waals surface area contributed by atoms with E-state index in [-0.39, 0.29) is 5.97 Å². The standard InChI is InChI=1S/C14H19NO5/c1-5-6-13(16)20-15-9-10-7-11(17-2)14(19-4)12(8-10)18-3/h7-9H,5-6H2,1-4H3. The summed E-state index contributed by atoms with van der Waals surface area (Å²) in [6.07, 6.45) is 2.48. The van der Waals surface area contributed by atoms with Gasteiger partial charge in [0, 0.05) is 12.0 Å². The van der Waals surface area contributed by atoms with E-state index >= 15 is 0 Å². The lowest BCUT2D eigenvalue weighted by molar-refractivity contribution is -0.143. The Morgan fingerprint density at radius 1 is 1.15 bits per heavy atom. The Kier molecular flexibility index (Phi) is 6.36. The highest BCUT2D eigenvalue weighted by Crippen LogP contribution is 2.37. The Labute approximate surface area is 118 Å².